The van der Waals surface area contributed by atoms with Crippen LogP contribution in [0.15, 0.2) is 0 Å². The average molecular weight is 331 g/mol. The normalized spacial score (nSPS) is 14.4. The quantitative estimate of drug-likeness (QED) is 0.220. The first kappa shape index (κ1) is 20.4. The van der Waals surface area contributed by atoms with Gasteiger partial charge in [0.2, 0.25) is 0 Å². The van der Waals surface area contributed by atoms with Crippen LogP contribution in [0.2, 0.25) is 0 Å². The van der Waals surface area contributed by atoms with Crippen LogP contribution in [0.3, 0.4) is 0 Å². The first-order chi connectivity index (χ1) is 6.70. The van der Waals surface area contributed by atoms with Gasteiger partial charge in [-0.25, -0.2) is 0 Å². The van der Waals surface area contributed by atoms with E-state index in [-0.39, 0.29) is 29.6 Å². The summed E-state index contributed by atoms with van der Waals surface area (Å²) >= 11 is 17.3. The van der Waals surface area contributed by atoms with E-state index >= 15 is 0 Å². The predicted octanol–water partition coefficient (Wildman–Crippen LogP) is 3.65. The number of hydrogen-bond donors (Lipinski definition) is 4. The molecule has 0 bridgehead atoms. The van der Waals surface area contributed by atoms with Crippen molar-refractivity contribution in [2.24, 2.45) is 0 Å². The van der Waals surface area contributed by atoms with Gasteiger partial charge in [-0.05, 0) is 37.2 Å². The molecule has 0 aromatic heterocycles. The van der Waals surface area contributed by atoms with Gasteiger partial charge < -0.3 is 0 Å². The molecule has 0 aliphatic carbocycles. The molecule has 0 heterocycles. The van der Waals surface area contributed by atoms with E-state index in [0.717, 1.165) is 37.2 Å². The van der Waals surface area contributed by atoms with Gasteiger partial charge in [-0.1, -0.05) is 21.6 Å². The van der Waals surface area contributed by atoms with Crippen LogP contribution in [0.5, 0.6) is 0 Å². The Morgan fingerprint density at radius 1 is 0.800 bits per heavy atom. The van der Waals surface area contributed by atoms with Crippen LogP contribution in [-0.4, -0.2) is 50.2 Å². The first-order valence-corrected chi connectivity index (χ1v) is 9.18. The van der Waals surface area contributed by atoms with Gasteiger partial charge >= 0.3 is 29.6 Å². The van der Waals surface area contributed by atoms with Crippen molar-refractivity contribution in [3.05, 3.63) is 0 Å². The van der Waals surface area contributed by atoms with Gasteiger partial charge in [-0.3, -0.25) is 0 Å². The molecule has 2 atom stereocenters. The van der Waals surface area contributed by atoms with Gasteiger partial charge in [0.25, 0.3) is 0 Å². The zero-order valence-corrected chi connectivity index (χ0v) is 13.2. The van der Waals surface area contributed by atoms with Crippen LogP contribution >= 0.6 is 72.1 Å². The first-order valence-electron chi connectivity index (χ1n) is 4.60. The van der Waals surface area contributed by atoms with Gasteiger partial charge in [0.15, 0.2) is 0 Å². The monoisotopic (exact) mass is 330 g/mol. The van der Waals surface area contributed by atoms with E-state index in [2.05, 4.69) is 50.5 Å². The molecular formula is C8H19NaS6. The number of thiol groups is 4. The summed E-state index contributed by atoms with van der Waals surface area (Å²) in [6, 6.07) is 0. The summed E-state index contributed by atoms with van der Waals surface area (Å²) in [5, 5.41) is 0. The molecule has 15 heavy (non-hydrogen) atoms. The molecule has 0 aromatic carbocycles. The Morgan fingerprint density at radius 2 is 1.13 bits per heavy atom. The second kappa shape index (κ2) is 15.2. The second-order valence-electron chi connectivity index (χ2n) is 2.83. The molecule has 7 heteroatoms. The molecule has 0 saturated heterocycles. The van der Waals surface area contributed by atoms with Crippen LogP contribution in [0.25, 0.3) is 0 Å². The van der Waals surface area contributed by atoms with Gasteiger partial charge in [0.05, 0.1) is 9.16 Å². The maximum atomic E-state index is 4.49. The van der Waals surface area contributed by atoms with E-state index in [1.807, 2.05) is 21.6 Å². The van der Waals surface area contributed by atoms with E-state index in [1.165, 1.54) is 0 Å². The van der Waals surface area contributed by atoms with Crippen molar-refractivity contribution < 1.29 is 0 Å². The summed E-state index contributed by atoms with van der Waals surface area (Å²) in [4.78, 5) is 0. The Kier molecular flexibility index (Phi) is 20.6. The van der Waals surface area contributed by atoms with E-state index in [4.69, 9.17) is 0 Å². The van der Waals surface area contributed by atoms with Crippen molar-refractivity contribution in [1.82, 2.24) is 0 Å². The SMILES string of the molecule is SCCCC(S)SSC(S)CCCS.[NaH]. The molecule has 0 amide bonds. The molecule has 0 rings (SSSR count). The van der Waals surface area contributed by atoms with Gasteiger partial charge in [-0.15, -0.1) is 0 Å². The van der Waals surface area contributed by atoms with Crippen molar-refractivity contribution in [2.45, 2.75) is 34.8 Å². The summed E-state index contributed by atoms with van der Waals surface area (Å²) in [5.41, 5.74) is 0. The summed E-state index contributed by atoms with van der Waals surface area (Å²) < 4.78 is 0.829. The van der Waals surface area contributed by atoms with E-state index in [1.54, 1.807) is 0 Å². The summed E-state index contributed by atoms with van der Waals surface area (Å²) in [6.45, 7) is 0. The summed E-state index contributed by atoms with van der Waals surface area (Å²) in [7, 11) is 3.64. The van der Waals surface area contributed by atoms with Crippen molar-refractivity contribution in [1.29, 1.82) is 0 Å². The molecule has 88 valence electrons. The third-order valence-electron chi connectivity index (χ3n) is 1.50. The van der Waals surface area contributed by atoms with Gasteiger partial charge in [-0.2, -0.15) is 50.5 Å². The van der Waals surface area contributed by atoms with E-state index < -0.39 is 0 Å². The van der Waals surface area contributed by atoms with Crippen LogP contribution in [0, 0.1) is 0 Å². The number of hydrogen-bond acceptors (Lipinski definition) is 6. The summed E-state index contributed by atoms with van der Waals surface area (Å²) in [6.07, 6.45) is 4.52. The fourth-order valence-electron chi connectivity index (χ4n) is 0.756. The topological polar surface area (TPSA) is 0 Å². The molecule has 0 aliphatic rings. The van der Waals surface area contributed by atoms with Gasteiger partial charge in [0, 0.05) is 0 Å². The third kappa shape index (κ3) is 15.0. The number of rotatable bonds is 9. The average Bonchev–Trinajstić information content (AvgIpc) is 2.20. The molecule has 0 nitrogen and oxygen atoms in total. The van der Waals surface area contributed by atoms with E-state index in [9.17, 15) is 0 Å². The molecule has 0 aliphatic heterocycles. The van der Waals surface area contributed by atoms with Crippen molar-refractivity contribution in [2.75, 3.05) is 11.5 Å². The maximum absolute atomic E-state index is 4.49. The molecule has 0 N–H and O–H groups in total. The molecular weight excluding hydrogens is 311 g/mol. The van der Waals surface area contributed by atoms with Gasteiger partial charge in [0.1, 0.15) is 0 Å². The zero-order chi connectivity index (χ0) is 10.8. The Balaban J connectivity index is 0. The second-order valence-corrected chi connectivity index (χ2v) is 8.35. The standard InChI is InChI=1S/C8H18S6.Na.H/c9-5-1-3-7(11)13-14-8(12)4-2-6-10;;/h7-12H,1-6H2;;. The third-order valence-corrected chi connectivity index (χ3v) is 6.89. The fourth-order valence-corrected chi connectivity index (χ4v) is 4.51. The van der Waals surface area contributed by atoms with Crippen molar-refractivity contribution in [3.63, 3.8) is 0 Å². The van der Waals surface area contributed by atoms with Crippen LogP contribution in [0.4, 0.5) is 0 Å². The Hall–Kier alpha value is 3.10. The molecule has 0 saturated carbocycles. The van der Waals surface area contributed by atoms with Crippen LogP contribution in [-0.2, 0) is 0 Å². The Bertz CT molecular complexity index is 112. The molecule has 2 unspecified atom stereocenters. The molecule has 0 spiro atoms. The zero-order valence-electron chi connectivity index (χ0n) is 8.00. The predicted molar refractivity (Wildman–Crippen MR) is 94.1 cm³/mol. The Morgan fingerprint density at radius 3 is 1.40 bits per heavy atom. The van der Waals surface area contributed by atoms with Crippen molar-refractivity contribution in [3.8, 4) is 0 Å². The fraction of sp³-hybridized carbons (Fsp3) is 1.00. The minimum atomic E-state index is 0. The molecule has 0 radical (unpaired) electrons. The minimum absolute atomic E-state index is 0. The summed E-state index contributed by atoms with van der Waals surface area (Å²) in [5.74, 6) is 1.90. The van der Waals surface area contributed by atoms with Crippen molar-refractivity contribution >= 4 is 102 Å². The van der Waals surface area contributed by atoms with Crippen LogP contribution in [0.1, 0.15) is 25.7 Å². The molecule has 0 aromatic rings. The Labute approximate surface area is 146 Å². The molecule has 0 fully saturated rings. The van der Waals surface area contributed by atoms with Crippen LogP contribution < -0.4 is 0 Å². The van der Waals surface area contributed by atoms with E-state index in [0.29, 0.717) is 9.16 Å².